The number of nitriles is 1. The summed E-state index contributed by atoms with van der Waals surface area (Å²) in [4.78, 5) is 0. The third-order valence-electron chi connectivity index (χ3n) is 2.62. The van der Waals surface area contributed by atoms with Gasteiger partial charge in [0.15, 0.2) is 5.84 Å². The number of benzene rings is 1. The minimum absolute atomic E-state index is 0.235. The molecule has 22 heavy (non-hydrogen) atoms. The second-order valence-electron chi connectivity index (χ2n) is 4.14. The molecule has 1 aromatic carbocycles. The molecule has 1 heterocycles. The van der Waals surface area contributed by atoms with Crippen LogP contribution in [0.3, 0.4) is 0 Å². The molecule has 9 nitrogen and oxygen atoms in total. The van der Waals surface area contributed by atoms with Crippen LogP contribution in [0, 0.1) is 23.7 Å². The average molecular weight is 299 g/mol. The highest BCUT2D eigenvalue weighted by Gasteiger charge is 2.11. The molecule has 4 N–H and O–H groups in total. The van der Waals surface area contributed by atoms with Gasteiger partial charge in [-0.1, -0.05) is 0 Å². The SMILES string of the molecule is COc1ccc(-c2nnc(C)o2)cc1N/N=C(\C#N)C(=N)N. The second-order valence-corrected chi connectivity index (χ2v) is 4.14. The molecule has 9 heteroatoms. The lowest BCUT2D eigenvalue weighted by molar-refractivity contribution is 0.416. The van der Waals surface area contributed by atoms with E-state index in [-0.39, 0.29) is 5.71 Å². The molecular weight excluding hydrogens is 286 g/mol. The third-order valence-corrected chi connectivity index (χ3v) is 2.62. The summed E-state index contributed by atoms with van der Waals surface area (Å²) in [6.45, 7) is 1.69. The van der Waals surface area contributed by atoms with Gasteiger partial charge in [-0.15, -0.1) is 10.2 Å². The third kappa shape index (κ3) is 3.18. The summed E-state index contributed by atoms with van der Waals surface area (Å²) in [7, 11) is 1.50. The monoisotopic (exact) mass is 299 g/mol. The number of anilines is 1. The maximum atomic E-state index is 8.83. The number of nitrogens with two attached hydrogens (primary N) is 1. The molecule has 2 rings (SSSR count). The molecule has 0 atom stereocenters. The van der Waals surface area contributed by atoms with Crippen molar-refractivity contribution < 1.29 is 9.15 Å². The highest BCUT2D eigenvalue weighted by molar-refractivity contribution is 6.45. The normalized spacial score (nSPS) is 10.9. The number of nitrogens with one attached hydrogen (secondary N) is 2. The van der Waals surface area contributed by atoms with Gasteiger partial charge in [-0.3, -0.25) is 10.8 Å². The fourth-order valence-electron chi connectivity index (χ4n) is 1.60. The van der Waals surface area contributed by atoms with Crippen molar-refractivity contribution in [1.82, 2.24) is 10.2 Å². The van der Waals surface area contributed by atoms with Crippen LogP contribution in [0.1, 0.15) is 5.89 Å². The lowest BCUT2D eigenvalue weighted by Gasteiger charge is -2.09. The maximum Gasteiger partial charge on any atom is 0.247 e. The van der Waals surface area contributed by atoms with Crippen molar-refractivity contribution in [1.29, 1.82) is 10.7 Å². The molecule has 0 unspecified atom stereocenters. The number of ether oxygens (including phenoxy) is 1. The smallest absolute Gasteiger partial charge is 0.247 e. The Morgan fingerprint density at radius 3 is 2.82 bits per heavy atom. The molecule has 0 aliphatic carbocycles. The van der Waals surface area contributed by atoms with Crippen LogP contribution in [0.25, 0.3) is 11.5 Å². The van der Waals surface area contributed by atoms with Gasteiger partial charge in [-0.05, 0) is 18.2 Å². The van der Waals surface area contributed by atoms with Gasteiger partial charge in [-0.25, -0.2) is 0 Å². The van der Waals surface area contributed by atoms with Crippen molar-refractivity contribution in [2.45, 2.75) is 6.92 Å². The second kappa shape index (κ2) is 6.36. The zero-order valence-electron chi connectivity index (χ0n) is 11.9. The largest absolute Gasteiger partial charge is 0.495 e. The number of aryl methyl sites for hydroxylation is 1. The molecule has 0 spiro atoms. The van der Waals surface area contributed by atoms with Gasteiger partial charge in [0, 0.05) is 12.5 Å². The number of hydrogen-bond acceptors (Lipinski definition) is 8. The number of rotatable bonds is 5. The van der Waals surface area contributed by atoms with Crippen LogP contribution in [0.15, 0.2) is 27.7 Å². The Balaban J connectivity index is 2.37. The molecule has 0 saturated carbocycles. The van der Waals surface area contributed by atoms with Crippen LogP contribution in [0.5, 0.6) is 5.75 Å². The van der Waals surface area contributed by atoms with Crippen molar-refractivity contribution >= 4 is 17.2 Å². The zero-order chi connectivity index (χ0) is 16.1. The van der Waals surface area contributed by atoms with Crippen molar-refractivity contribution in [2.24, 2.45) is 10.8 Å². The standard InChI is InChI=1S/C13H13N7O2/c1-7-17-20-13(22-7)8-3-4-11(21-2)9(5-8)18-19-10(6-14)12(15)16/h3-5,18H,1-2H3,(H3,15,16)/b19-10+. The van der Waals surface area contributed by atoms with E-state index in [4.69, 9.17) is 25.6 Å². The Hall–Kier alpha value is -3.41. The molecule has 0 aliphatic rings. The Labute approximate surface area is 125 Å². The average Bonchev–Trinajstić information content (AvgIpc) is 2.94. The topological polar surface area (TPSA) is 146 Å². The van der Waals surface area contributed by atoms with E-state index >= 15 is 0 Å². The van der Waals surface area contributed by atoms with E-state index in [1.165, 1.54) is 7.11 Å². The fourth-order valence-corrected chi connectivity index (χ4v) is 1.60. The minimum Gasteiger partial charge on any atom is -0.495 e. The summed E-state index contributed by atoms with van der Waals surface area (Å²) >= 11 is 0. The summed E-state index contributed by atoms with van der Waals surface area (Å²) in [5.74, 6) is 0.850. The van der Waals surface area contributed by atoms with Gasteiger partial charge in [0.2, 0.25) is 17.5 Å². The Bertz CT molecular complexity index is 773. The predicted octanol–water partition coefficient (Wildman–Crippen LogP) is 1.28. The van der Waals surface area contributed by atoms with Crippen LogP contribution >= 0.6 is 0 Å². The van der Waals surface area contributed by atoms with E-state index in [2.05, 4.69) is 20.7 Å². The Kier molecular flexibility index (Phi) is 4.33. The maximum absolute atomic E-state index is 8.83. The van der Waals surface area contributed by atoms with Gasteiger partial charge in [0.05, 0.1) is 12.8 Å². The van der Waals surface area contributed by atoms with E-state index in [1.807, 2.05) is 0 Å². The fraction of sp³-hybridized carbons (Fsp3) is 0.154. The van der Waals surface area contributed by atoms with Gasteiger partial charge in [-0.2, -0.15) is 10.4 Å². The first-order valence-electron chi connectivity index (χ1n) is 6.12. The Morgan fingerprint density at radius 2 is 2.27 bits per heavy atom. The lowest BCUT2D eigenvalue weighted by atomic mass is 10.2. The van der Waals surface area contributed by atoms with E-state index in [0.29, 0.717) is 28.8 Å². The summed E-state index contributed by atoms with van der Waals surface area (Å²) in [5.41, 5.74) is 8.76. The summed E-state index contributed by atoms with van der Waals surface area (Å²) in [6.07, 6.45) is 0. The summed E-state index contributed by atoms with van der Waals surface area (Å²) < 4.78 is 10.6. The number of nitrogens with zero attached hydrogens (tertiary/aromatic N) is 4. The number of methoxy groups -OCH3 is 1. The van der Waals surface area contributed by atoms with Crippen LogP contribution in [-0.2, 0) is 0 Å². The molecule has 0 bridgehead atoms. The molecule has 1 aromatic heterocycles. The van der Waals surface area contributed by atoms with Crippen molar-refractivity contribution in [2.75, 3.05) is 12.5 Å². The number of hydrazone groups is 1. The predicted molar refractivity (Wildman–Crippen MR) is 79.6 cm³/mol. The van der Waals surface area contributed by atoms with E-state index in [1.54, 1.807) is 31.2 Å². The van der Waals surface area contributed by atoms with Crippen LogP contribution in [0.2, 0.25) is 0 Å². The minimum atomic E-state index is -0.433. The van der Waals surface area contributed by atoms with Crippen molar-refractivity contribution in [3.8, 4) is 23.3 Å². The van der Waals surface area contributed by atoms with E-state index < -0.39 is 5.84 Å². The van der Waals surface area contributed by atoms with Gasteiger partial charge < -0.3 is 14.9 Å². The first kappa shape index (κ1) is 15.0. The molecule has 2 aromatic rings. The molecule has 0 aliphatic heterocycles. The number of hydrogen-bond donors (Lipinski definition) is 3. The number of amidine groups is 1. The first-order chi connectivity index (χ1) is 10.5. The van der Waals surface area contributed by atoms with Crippen LogP contribution < -0.4 is 15.9 Å². The van der Waals surface area contributed by atoms with Crippen LogP contribution in [0.4, 0.5) is 5.69 Å². The molecular formula is C13H13N7O2. The van der Waals surface area contributed by atoms with E-state index in [0.717, 1.165) is 0 Å². The van der Waals surface area contributed by atoms with Crippen molar-refractivity contribution in [3.05, 3.63) is 24.1 Å². The highest BCUT2D eigenvalue weighted by Crippen LogP contribution is 2.30. The lowest BCUT2D eigenvalue weighted by Crippen LogP contribution is -2.21. The first-order valence-corrected chi connectivity index (χ1v) is 6.12. The molecule has 0 saturated heterocycles. The van der Waals surface area contributed by atoms with E-state index in [9.17, 15) is 0 Å². The van der Waals surface area contributed by atoms with Crippen molar-refractivity contribution in [3.63, 3.8) is 0 Å². The zero-order valence-corrected chi connectivity index (χ0v) is 11.9. The van der Waals surface area contributed by atoms with Crippen LogP contribution in [-0.4, -0.2) is 28.9 Å². The highest BCUT2D eigenvalue weighted by atomic mass is 16.5. The molecule has 112 valence electrons. The van der Waals surface area contributed by atoms with Gasteiger partial charge in [0.25, 0.3) is 0 Å². The quantitative estimate of drug-likeness (QED) is 0.428. The summed E-state index contributed by atoms with van der Waals surface area (Å²) in [5, 5.41) is 27.5. The molecule has 0 radical (unpaired) electrons. The number of aromatic nitrogens is 2. The van der Waals surface area contributed by atoms with Gasteiger partial charge >= 0.3 is 0 Å². The summed E-state index contributed by atoms with van der Waals surface area (Å²) in [6, 6.07) is 6.82. The molecule has 0 amide bonds. The molecule has 0 fully saturated rings. The van der Waals surface area contributed by atoms with Gasteiger partial charge in [0.1, 0.15) is 11.8 Å². The Morgan fingerprint density at radius 1 is 1.50 bits per heavy atom.